The predicted molar refractivity (Wildman–Crippen MR) is 82.5 cm³/mol. The van der Waals surface area contributed by atoms with E-state index in [1.165, 1.54) is 18.2 Å². The van der Waals surface area contributed by atoms with Crippen LogP contribution < -0.4 is 10.1 Å². The molecule has 2 aromatic rings. The number of rotatable bonds is 3. The number of ether oxygens (including phenoxy) is 1. The van der Waals surface area contributed by atoms with Crippen LogP contribution in [0.3, 0.4) is 0 Å². The highest BCUT2D eigenvalue weighted by Crippen LogP contribution is 2.29. The van der Waals surface area contributed by atoms with Crippen LogP contribution in [0, 0.1) is 17.1 Å². The first kappa shape index (κ1) is 15.3. The van der Waals surface area contributed by atoms with Gasteiger partial charge in [-0.25, -0.2) is 4.39 Å². The van der Waals surface area contributed by atoms with E-state index in [2.05, 4.69) is 5.32 Å². The quantitative estimate of drug-likeness (QED) is 0.940. The van der Waals surface area contributed by atoms with Gasteiger partial charge in [0, 0.05) is 17.0 Å². The van der Waals surface area contributed by atoms with Crippen LogP contribution in [0.5, 0.6) is 5.75 Å². The molecule has 3 rings (SSSR count). The monoisotopic (exact) mass is 330 g/mol. The Bertz CT molecular complexity index is 758. The molecule has 1 aliphatic heterocycles. The van der Waals surface area contributed by atoms with Crippen LogP contribution in [-0.2, 0) is 11.2 Å². The molecule has 0 spiro atoms. The zero-order chi connectivity index (χ0) is 16.4. The van der Waals surface area contributed by atoms with E-state index in [-0.39, 0.29) is 10.6 Å². The van der Waals surface area contributed by atoms with E-state index >= 15 is 0 Å². The minimum Gasteiger partial charge on any atom is -0.480 e. The summed E-state index contributed by atoms with van der Waals surface area (Å²) in [5.41, 5.74) is 0.880. The maximum Gasteiger partial charge on any atom is 0.262 e. The van der Waals surface area contributed by atoms with Crippen molar-refractivity contribution in [1.29, 1.82) is 5.26 Å². The Kier molecular flexibility index (Phi) is 4.18. The van der Waals surface area contributed by atoms with Gasteiger partial charge in [-0.15, -0.1) is 0 Å². The zero-order valence-corrected chi connectivity index (χ0v) is 12.7. The van der Waals surface area contributed by atoms with Crippen LogP contribution >= 0.6 is 11.6 Å². The van der Waals surface area contributed by atoms with Crippen molar-refractivity contribution in [3.05, 3.63) is 64.4 Å². The molecule has 23 heavy (non-hydrogen) atoms. The van der Waals surface area contributed by atoms with E-state index in [0.717, 1.165) is 5.56 Å². The molecule has 116 valence electrons. The molecule has 6 heteroatoms. The summed E-state index contributed by atoms with van der Waals surface area (Å²) < 4.78 is 19.5. The van der Waals surface area contributed by atoms with E-state index in [9.17, 15) is 14.4 Å². The third-order valence-corrected chi connectivity index (χ3v) is 3.97. The van der Waals surface area contributed by atoms with E-state index in [1.807, 2.05) is 24.3 Å². The van der Waals surface area contributed by atoms with Gasteiger partial charge in [0.25, 0.3) is 5.91 Å². The molecule has 1 amide bonds. The average molecular weight is 331 g/mol. The molecule has 0 radical (unpaired) electrons. The first-order valence-corrected chi connectivity index (χ1v) is 7.36. The van der Waals surface area contributed by atoms with E-state index in [0.29, 0.717) is 12.2 Å². The minimum absolute atomic E-state index is 0.0412. The summed E-state index contributed by atoms with van der Waals surface area (Å²) >= 11 is 5.95. The largest absolute Gasteiger partial charge is 0.480 e. The maximum absolute atomic E-state index is 13.9. The fraction of sp³-hybridized carbons (Fsp3) is 0.176. The Balaban J connectivity index is 1.76. The van der Waals surface area contributed by atoms with Gasteiger partial charge in [-0.3, -0.25) is 4.79 Å². The van der Waals surface area contributed by atoms with Crippen molar-refractivity contribution in [2.24, 2.45) is 0 Å². The van der Waals surface area contributed by atoms with Crippen LogP contribution in [0.1, 0.15) is 17.2 Å². The summed E-state index contributed by atoms with van der Waals surface area (Å²) in [6, 6.07) is 12.1. The van der Waals surface area contributed by atoms with Crippen LogP contribution in [-0.4, -0.2) is 12.0 Å². The minimum atomic E-state index is -1.18. The van der Waals surface area contributed by atoms with Crippen molar-refractivity contribution in [3.8, 4) is 11.8 Å². The molecule has 0 fully saturated rings. The van der Waals surface area contributed by atoms with Crippen LogP contribution in [0.25, 0.3) is 0 Å². The fourth-order valence-electron chi connectivity index (χ4n) is 2.52. The molecule has 2 aromatic carbocycles. The third kappa shape index (κ3) is 2.99. The lowest BCUT2D eigenvalue weighted by molar-refractivity contribution is -0.127. The highest BCUT2D eigenvalue weighted by molar-refractivity contribution is 6.31. The van der Waals surface area contributed by atoms with Gasteiger partial charge in [-0.1, -0.05) is 35.9 Å². The molecule has 0 aromatic heterocycles. The van der Waals surface area contributed by atoms with E-state index < -0.39 is 23.9 Å². The topological polar surface area (TPSA) is 62.1 Å². The zero-order valence-electron chi connectivity index (χ0n) is 11.9. The molecule has 0 bridgehead atoms. The van der Waals surface area contributed by atoms with Crippen molar-refractivity contribution < 1.29 is 13.9 Å². The first-order chi connectivity index (χ1) is 11.1. The predicted octanol–water partition coefficient (Wildman–Crippen LogP) is 3.16. The lowest BCUT2D eigenvalue weighted by Gasteiger charge is -2.17. The Hall–Kier alpha value is -2.58. The summed E-state index contributed by atoms with van der Waals surface area (Å²) in [6.07, 6.45) is -0.334. The summed E-state index contributed by atoms with van der Waals surface area (Å²) in [4.78, 5) is 12.3. The highest BCUT2D eigenvalue weighted by Gasteiger charge is 2.31. The second-order valence-electron chi connectivity index (χ2n) is 5.12. The summed E-state index contributed by atoms with van der Waals surface area (Å²) in [7, 11) is 0. The maximum atomic E-state index is 13.9. The number of halogens is 2. The number of amides is 1. The second kappa shape index (κ2) is 6.27. The van der Waals surface area contributed by atoms with Gasteiger partial charge in [0.1, 0.15) is 17.6 Å². The normalized spacial score (nSPS) is 16.8. The molecular weight excluding hydrogens is 319 g/mol. The summed E-state index contributed by atoms with van der Waals surface area (Å²) in [5, 5.41) is 11.8. The number of benzene rings is 2. The van der Waals surface area contributed by atoms with Crippen molar-refractivity contribution in [2.75, 3.05) is 0 Å². The third-order valence-electron chi connectivity index (χ3n) is 3.64. The molecule has 1 heterocycles. The molecular formula is C17H12ClFN2O2. The Morgan fingerprint density at radius 3 is 2.83 bits per heavy atom. The van der Waals surface area contributed by atoms with E-state index in [4.69, 9.17) is 16.3 Å². The van der Waals surface area contributed by atoms with Crippen molar-refractivity contribution in [1.82, 2.24) is 5.32 Å². The Morgan fingerprint density at radius 2 is 2.13 bits per heavy atom. The van der Waals surface area contributed by atoms with Crippen LogP contribution in [0.2, 0.25) is 5.02 Å². The molecule has 2 atom stereocenters. The second-order valence-corrected chi connectivity index (χ2v) is 5.53. The number of hydrogen-bond donors (Lipinski definition) is 1. The van der Waals surface area contributed by atoms with Gasteiger partial charge in [0.05, 0.1) is 6.07 Å². The van der Waals surface area contributed by atoms with Gasteiger partial charge in [0.15, 0.2) is 6.10 Å². The number of fused-ring (bicyclic) bond motifs is 1. The number of para-hydroxylation sites is 1. The van der Waals surface area contributed by atoms with Crippen LogP contribution in [0.4, 0.5) is 4.39 Å². The smallest absolute Gasteiger partial charge is 0.262 e. The van der Waals surface area contributed by atoms with Crippen molar-refractivity contribution in [2.45, 2.75) is 18.6 Å². The molecule has 0 saturated heterocycles. The van der Waals surface area contributed by atoms with Gasteiger partial charge in [-0.05, 0) is 23.8 Å². The number of hydrogen-bond acceptors (Lipinski definition) is 3. The van der Waals surface area contributed by atoms with Crippen LogP contribution in [0.15, 0.2) is 42.5 Å². The molecule has 1 N–H and O–H groups in total. The molecule has 0 aliphatic carbocycles. The number of carbonyl (C=O) groups is 1. The van der Waals surface area contributed by atoms with Gasteiger partial charge in [-0.2, -0.15) is 5.26 Å². The van der Waals surface area contributed by atoms with E-state index in [1.54, 1.807) is 6.07 Å². The molecule has 1 aliphatic rings. The average Bonchev–Trinajstić information content (AvgIpc) is 2.97. The molecule has 4 nitrogen and oxygen atoms in total. The van der Waals surface area contributed by atoms with Gasteiger partial charge < -0.3 is 10.1 Å². The Labute approximate surface area is 137 Å². The Morgan fingerprint density at radius 1 is 1.35 bits per heavy atom. The molecule has 2 unspecified atom stereocenters. The highest BCUT2D eigenvalue weighted by atomic mass is 35.5. The molecule has 0 saturated carbocycles. The number of nitrogens with zero attached hydrogens (tertiary/aromatic N) is 1. The first-order valence-electron chi connectivity index (χ1n) is 6.98. The van der Waals surface area contributed by atoms with Gasteiger partial charge in [0.2, 0.25) is 0 Å². The standard InChI is InChI=1S/C17H12ClFN2O2/c18-11-5-3-6-12(19)16(11)13(9-20)21-17(22)15-8-10-4-1-2-7-14(10)23-15/h1-7,13,15H,8H2,(H,21,22). The fourth-order valence-corrected chi connectivity index (χ4v) is 2.79. The lowest BCUT2D eigenvalue weighted by Crippen LogP contribution is -2.39. The summed E-state index contributed by atoms with van der Waals surface area (Å²) in [6.45, 7) is 0. The van der Waals surface area contributed by atoms with Crippen molar-refractivity contribution in [3.63, 3.8) is 0 Å². The number of nitrogens with one attached hydrogen (secondary N) is 1. The number of nitriles is 1. The van der Waals surface area contributed by atoms with Gasteiger partial charge >= 0.3 is 0 Å². The van der Waals surface area contributed by atoms with Crippen molar-refractivity contribution >= 4 is 17.5 Å². The lowest BCUT2D eigenvalue weighted by atomic mass is 10.1. The number of carbonyl (C=O) groups excluding carboxylic acids is 1. The SMILES string of the molecule is N#CC(NC(=O)C1Cc2ccccc2O1)c1c(F)cccc1Cl. The summed E-state index contributed by atoms with van der Waals surface area (Å²) in [5.74, 6) is -0.475.